The molecule has 3 rings (SSSR count). The molecule has 1 unspecified atom stereocenters. The van der Waals surface area contributed by atoms with E-state index in [1.807, 2.05) is 12.1 Å². The van der Waals surface area contributed by atoms with Crippen molar-refractivity contribution in [3.8, 4) is 0 Å². The zero-order chi connectivity index (χ0) is 17.0. The predicted molar refractivity (Wildman–Crippen MR) is 104 cm³/mol. The van der Waals surface area contributed by atoms with Crippen LogP contribution in [-0.4, -0.2) is 26.2 Å². The van der Waals surface area contributed by atoms with Crippen LogP contribution in [0.4, 0.5) is 0 Å². The maximum Gasteiger partial charge on any atom is 0.226 e. The van der Waals surface area contributed by atoms with Crippen LogP contribution in [0.1, 0.15) is 37.3 Å². The first-order valence-electron chi connectivity index (χ1n) is 8.67. The lowest BCUT2D eigenvalue weighted by Crippen LogP contribution is -2.48. The minimum absolute atomic E-state index is 0. The molecule has 0 spiro atoms. The van der Waals surface area contributed by atoms with Crippen LogP contribution in [-0.2, 0) is 9.53 Å². The van der Waals surface area contributed by atoms with Crippen molar-refractivity contribution in [1.82, 2.24) is 5.32 Å². The molecule has 0 radical (unpaired) electrons. The number of carbonyl (C=O) groups is 1. The first kappa shape index (κ1) is 19.7. The molecule has 1 atom stereocenters. The predicted octanol–water partition coefficient (Wildman–Crippen LogP) is 3.58. The van der Waals surface area contributed by atoms with E-state index in [2.05, 4.69) is 35.6 Å². The van der Waals surface area contributed by atoms with E-state index < -0.39 is 0 Å². The van der Waals surface area contributed by atoms with Gasteiger partial charge < -0.3 is 15.8 Å². The number of halogens is 1. The van der Waals surface area contributed by atoms with Crippen LogP contribution in [0.2, 0.25) is 0 Å². The average Bonchev–Trinajstić information content (AvgIpc) is 2.58. The smallest absolute Gasteiger partial charge is 0.226 e. The quantitative estimate of drug-likeness (QED) is 0.791. The van der Waals surface area contributed by atoms with Crippen molar-refractivity contribution in [2.45, 2.75) is 31.7 Å². The molecule has 1 aliphatic rings. The molecular weight excluding hydrogens is 336 g/mol. The molecule has 0 bridgehead atoms. The van der Waals surface area contributed by atoms with E-state index in [1.54, 1.807) is 7.11 Å². The van der Waals surface area contributed by atoms with E-state index >= 15 is 0 Å². The van der Waals surface area contributed by atoms with Crippen molar-refractivity contribution in [2.24, 2.45) is 11.1 Å². The summed E-state index contributed by atoms with van der Waals surface area (Å²) >= 11 is 0. The summed E-state index contributed by atoms with van der Waals surface area (Å²) in [6.45, 7) is 1.02. The van der Waals surface area contributed by atoms with Crippen LogP contribution in [0.3, 0.4) is 0 Å². The number of nitrogens with two attached hydrogens (primary N) is 1. The lowest BCUT2D eigenvalue weighted by Gasteiger charge is -2.41. The number of methoxy groups -OCH3 is 1. The molecule has 1 fully saturated rings. The zero-order valence-corrected chi connectivity index (χ0v) is 15.5. The van der Waals surface area contributed by atoms with Crippen LogP contribution >= 0.6 is 12.4 Å². The van der Waals surface area contributed by atoms with Gasteiger partial charge in [0, 0.05) is 20.3 Å². The Morgan fingerprint density at radius 3 is 2.56 bits per heavy atom. The van der Waals surface area contributed by atoms with Crippen LogP contribution in [0.5, 0.6) is 0 Å². The van der Waals surface area contributed by atoms with Crippen LogP contribution < -0.4 is 11.1 Å². The molecule has 4 nitrogen and oxygen atoms in total. The third kappa shape index (κ3) is 4.14. The first-order valence-corrected chi connectivity index (χ1v) is 8.67. The molecule has 2 aromatic rings. The second-order valence-electron chi connectivity index (χ2n) is 6.75. The maximum absolute atomic E-state index is 12.8. The summed E-state index contributed by atoms with van der Waals surface area (Å²) in [5, 5.41) is 5.54. The van der Waals surface area contributed by atoms with Gasteiger partial charge in [-0.3, -0.25) is 4.79 Å². The molecule has 0 aliphatic heterocycles. The third-order valence-electron chi connectivity index (χ3n) is 5.29. The molecule has 5 heteroatoms. The fourth-order valence-electron chi connectivity index (χ4n) is 3.51. The second kappa shape index (κ2) is 8.65. The third-order valence-corrected chi connectivity index (χ3v) is 5.29. The monoisotopic (exact) mass is 362 g/mol. The van der Waals surface area contributed by atoms with E-state index in [9.17, 15) is 4.79 Å². The number of rotatable bonds is 7. The van der Waals surface area contributed by atoms with Crippen molar-refractivity contribution in [3.63, 3.8) is 0 Å². The van der Waals surface area contributed by atoms with E-state index in [0.29, 0.717) is 13.2 Å². The van der Waals surface area contributed by atoms with Crippen molar-refractivity contribution in [3.05, 3.63) is 48.0 Å². The van der Waals surface area contributed by atoms with Gasteiger partial charge in [-0.15, -0.1) is 12.4 Å². The van der Waals surface area contributed by atoms with Gasteiger partial charge in [0.2, 0.25) is 5.91 Å². The SMILES string of the molecule is COCCC1(C(=O)NC(CN)c2ccc3ccccc3c2)CCC1.Cl. The molecule has 1 amide bonds. The van der Waals surface area contributed by atoms with Crippen LogP contribution in [0.15, 0.2) is 42.5 Å². The van der Waals surface area contributed by atoms with Gasteiger partial charge in [0.05, 0.1) is 11.5 Å². The number of fused-ring (bicyclic) bond motifs is 1. The highest BCUT2D eigenvalue weighted by Gasteiger charge is 2.44. The lowest BCUT2D eigenvalue weighted by molar-refractivity contribution is -0.138. The Morgan fingerprint density at radius 1 is 1.24 bits per heavy atom. The fourth-order valence-corrected chi connectivity index (χ4v) is 3.51. The van der Waals surface area contributed by atoms with Gasteiger partial charge in [0.1, 0.15) is 0 Å². The average molecular weight is 363 g/mol. The van der Waals surface area contributed by atoms with Crippen molar-refractivity contribution >= 4 is 29.1 Å². The summed E-state index contributed by atoms with van der Waals surface area (Å²) in [6, 6.07) is 14.3. The molecule has 0 aromatic heterocycles. The maximum atomic E-state index is 12.8. The largest absolute Gasteiger partial charge is 0.385 e. The first-order chi connectivity index (χ1) is 11.7. The summed E-state index contributed by atoms with van der Waals surface area (Å²) < 4.78 is 5.18. The number of carbonyl (C=O) groups excluding carboxylic acids is 1. The highest BCUT2D eigenvalue weighted by Crippen LogP contribution is 2.44. The Labute approximate surface area is 155 Å². The Kier molecular flexibility index (Phi) is 6.82. The number of hydrogen-bond acceptors (Lipinski definition) is 3. The molecular formula is C20H27ClN2O2. The Morgan fingerprint density at radius 2 is 1.96 bits per heavy atom. The molecule has 1 saturated carbocycles. The van der Waals surface area contributed by atoms with Gasteiger partial charge in [0.25, 0.3) is 0 Å². The van der Waals surface area contributed by atoms with Crippen molar-refractivity contribution in [1.29, 1.82) is 0 Å². The van der Waals surface area contributed by atoms with Gasteiger partial charge in [-0.05, 0) is 41.7 Å². The van der Waals surface area contributed by atoms with Crippen molar-refractivity contribution in [2.75, 3.05) is 20.3 Å². The van der Waals surface area contributed by atoms with E-state index in [-0.39, 0.29) is 29.8 Å². The lowest BCUT2D eigenvalue weighted by atomic mass is 9.66. The number of nitrogens with one attached hydrogen (secondary N) is 1. The number of hydrogen-bond donors (Lipinski definition) is 2. The van der Waals surface area contributed by atoms with Crippen LogP contribution in [0.25, 0.3) is 10.8 Å². The zero-order valence-electron chi connectivity index (χ0n) is 14.7. The number of ether oxygens (including phenoxy) is 1. The summed E-state index contributed by atoms with van der Waals surface area (Å²) in [5.74, 6) is 0.120. The van der Waals surface area contributed by atoms with Gasteiger partial charge in [0.15, 0.2) is 0 Å². The Bertz CT molecular complexity index is 716. The molecule has 0 heterocycles. The van der Waals surface area contributed by atoms with Gasteiger partial charge in [-0.1, -0.05) is 42.8 Å². The van der Waals surface area contributed by atoms with Crippen LogP contribution in [0, 0.1) is 5.41 Å². The topological polar surface area (TPSA) is 64.3 Å². The van der Waals surface area contributed by atoms with E-state index in [4.69, 9.17) is 10.5 Å². The molecule has 1 aliphatic carbocycles. The Hall–Kier alpha value is -1.62. The summed E-state index contributed by atoms with van der Waals surface area (Å²) in [7, 11) is 1.68. The minimum atomic E-state index is -0.264. The van der Waals surface area contributed by atoms with Crippen molar-refractivity contribution < 1.29 is 9.53 Å². The van der Waals surface area contributed by atoms with E-state index in [0.717, 1.165) is 31.2 Å². The molecule has 0 saturated heterocycles. The molecule has 136 valence electrons. The summed E-state index contributed by atoms with van der Waals surface area (Å²) in [6.07, 6.45) is 3.78. The fraction of sp³-hybridized carbons (Fsp3) is 0.450. The minimum Gasteiger partial charge on any atom is -0.385 e. The summed E-state index contributed by atoms with van der Waals surface area (Å²) in [4.78, 5) is 12.8. The van der Waals surface area contributed by atoms with Gasteiger partial charge in [-0.2, -0.15) is 0 Å². The van der Waals surface area contributed by atoms with Gasteiger partial charge >= 0.3 is 0 Å². The Balaban J connectivity index is 0.00000225. The molecule has 25 heavy (non-hydrogen) atoms. The summed E-state index contributed by atoms with van der Waals surface area (Å²) in [5.41, 5.74) is 6.76. The highest BCUT2D eigenvalue weighted by molar-refractivity contribution is 5.86. The highest BCUT2D eigenvalue weighted by atomic mass is 35.5. The number of benzene rings is 2. The number of amides is 1. The molecule has 2 aromatic carbocycles. The van der Waals surface area contributed by atoms with Gasteiger partial charge in [-0.25, -0.2) is 0 Å². The standard InChI is InChI=1S/C20H26N2O2.ClH/c1-24-12-11-20(9-4-10-20)19(23)22-18(14-21)17-8-7-15-5-2-3-6-16(15)13-17;/h2-3,5-8,13,18H,4,9-12,14,21H2,1H3,(H,22,23);1H. The molecule has 3 N–H and O–H groups in total. The van der Waals surface area contributed by atoms with E-state index in [1.165, 1.54) is 10.8 Å². The second-order valence-corrected chi connectivity index (χ2v) is 6.75. The normalized spacial score (nSPS) is 16.6.